The maximum atomic E-state index is 10.7. The first kappa shape index (κ1) is 21.1. The summed E-state index contributed by atoms with van der Waals surface area (Å²) in [7, 11) is -2.69. The van der Waals surface area contributed by atoms with E-state index in [9.17, 15) is 20.2 Å². The molecule has 5 nitrogen and oxygen atoms in total. The van der Waals surface area contributed by atoms with Gasteiger partial charge in [0, 0.05) is 5.41 Å². The lowest BCUT2D eigenvalue weighted by atomic mass is 9.72. The van der Waals surface area contributed by atoms with Gasteiger partial charge in [0.1, 0.15) is 0 Å². The normalized spacial score (nSPS) is 15.2. The molecule has 0 heterocycles. The summed E-state index contributed by atoms with van der Waals surface area (Å²) in [5.41, 5.74) is 2.77. The van der Waals surface area contributed by atoms with Gasteiger partial charge in [0.05, 0.1) is 11.2 Å². The van der Waals surface area contributed by atoms with E-state index in [2.05, 4.69) is 13.8 Å². The Morgan fingerprint density at radius 2 is 1.29 bits per heavy atom. The smallest absolute Gasteiger partial charge is 0.423 e. The van der Waals surface area contributed by atoms with Crippen LogP contribution >= 0.6 is 0 Å². The van der Waals surface area contributed by atoms with E-state index in [0.29, 0.717) is 10.9 Å². The average molecular weight is 382 g/mol. The predicted molar refractivity (Wildman–Crippen MR) is 113 cm³/mol. The number of rotatable bonds is 5. The molecule has 2 aromatic rings. The first-order valence-corrected chi connectivity index (χ1v) is 9.49. The van der Waals surface area contributed by atoms with Crippen molar-refractivity contribution in [2.45, 2.75) is 58.2 Å². The Labute approximate surface area is 167 Å². The van der Waals surface area contributed by atoms with Crippen molar-refractivity contribution in [2.24, 2.45) is 0 Å². The fourth-order valence-corrected chi connectivity index (χ4v) is 3.58. The van der Waals surface area contributed by atoms with Crippen LogP contribution in [0.4, 0.5) is 0 Å². The molecule has 1 aliphatic carbocycles. The van der Waals surface area contributed by atoms with Gasteiger partial charge in [-0.25, -0.2) is 0 Å². The molecule has 28 heavy (non-hydrogen) atoms. The average Bonchev–Trinajstić information content (AvgIpc) is 2.80. The number of benzene rings is 2. The van der Waals surface area contributed by atoms with Gasteiger partial charge in [-0.15, -0.1) is 0 Å². The molecule has 148 valence electrons. The Kier molecular flexibility index (Phi) is 5.06. The highest BCUT2D eigenvalue weighted by Crippen LogP contribution is 2.47. The number of hydrogen-bond donors (Lipinski definition) is 4. The quantitative estimate of drug-likeness (QED) is 0.578. The lowest BCUT2D eigenvalue weighted by Gasteiger charge is -2.38. The highest BCUT2D eigenvalue weighted by atomic mass is 16.5. The summed E-state index contributed by atoms with van der Waals surface area (Å²) in [6.07, 6.45) is 0. The van der Waals surface area contributed by atoms with Gasteiger partial charge in [-0.2, -0.15) is 0 Å². The lowest BCUT2D eigenvalue weighted by Crippen LogP contribution is -2.53. The van der Waals surface area contributed by atoms with Crippen molar-refractivity contribution in [1.82, 2.24) is 0 Å². The molecule has 0 bridgehead atoms. The van der Waals surface area contributed by atoms with E-state index < -0.39 is 25.4 Å². The lowest BCUT2D eigenvalue weighted by molar-refractivity contribution is -0.0982. The molecule has 0 spiro atoms. The van der Waals surface area contributed by atoms with E-state index in [-0.39, 0.29) is 5.41 Å². The molecular formula is C21H28B2O5. The minimum absolute atomic E-state index is 0.364. The highest BCUT2D eigenvalue weighted by Gasteiger charge is 2.41. The second-order valence-electron chi connectivity index (χ2n) is 9.15. The van der Waals surface area contributed by atoms with Gasteiger partial charge in [0.2, 0.25) is 0 Å². The van der Waals surface area contributed by atoms with Crippen molar-refractivity contribution in [3.8, 4) is 11.1 Å². The Bertz CT molecular complexity index is 900. The molecule has 4 N–H and O–H groups in total. The van der Waals surface area contributed by atoms with E-state index >= 15 is 0 Å². The summed E-state index contributed by atoms with van der Waals surface area (Å²) in [5.74, 6) is 0. The number of aliphatic hydroxyl groups is 1. The topological polar surface area (TPSA) is 90.2 Å². The van der Waals surface area contributed by atoms with E-state index in [1.54, 1.807) is 33.8 Å². The van der Waals surface area contributed by atoms with Crippen molar-refractivity contribution in [2.75, 3.05) is 0 Å². The summed E-state index contributed by atoms with van der Waals surface area (Å²) in [5, 5.41) is 40.0. The van der Waals surface area contributed by atoms with Crippen LogP contribution in [0.3, 0.4) is 0 Å². The standard InChI is InChI=1S/C21H28B2O5/c1-19(2)17-11-13(22(25)26)7-9-15(17)16-10-8-14(12-18(16)19)23(27)28-21(5,6)20(3,4)24/h7-12,24-27H,1-6H3. The predicted octanol–water partition coefficient (Wildman–Crippen LogP) is 0.926. The third-order valence-corrected chi connectivity index (χ3v) is 6.19. The molecule has 0 atom stereocenters. The van der Waals surface area contributed by atoms with Crippen LogP contribution in [0, 0.1) is 0 Å². The molecule has 0 fully saturated rings. The molecule has 0 aliphatic heterocycles. The Hall–Kier alpha value is -1.63. The Balaban J connectivity index is 1.99. The number of hydrogen-bond acceptors (Lipinski definition) is 5. The van der Waals surface area contributed by atoms with Crippen molar-refractivity contribution in [1.29, 1.82) is 0 Å². The Morgan fingerprint density at radius 3 is 1.75 bits per heavy atom. The van der Waals surface area contributed by atoms with Crippen molar-refractivity contribution < 1.29 is 24.8 Å². The number of fused-ring (bicyclic) bond motifs is 3. The summed E-state index contributed by atoms with van der Waals surface area (Å²) in [4.78, 5) is 0. The maximum absolute atomic E-state index is 10.7. The molecule has 0 unspecified atom stereocenters. The van der Waals surface area contributed by atoms with Gasteiger partial charge >= 0.3 is 14.2 Å². The molecule has 0 aromatic heterocycles. The van der Waals surface area contributed by atoms with Gasteiger partial charge in [-0.1, -0.05) is 50.2 Å². The monoisotopic (exact) mass is 382 g/mol. The highest BCUT2D eigenvalue weighted by molar-refractivity contribution is 6.60. The van der Waals surface area contributed by atoms with Crippen LogP contribution in [-0.2, 0) is 10.1 Å². The first-order valence-electron chi connectivity index (χ1n) is 9.49. The van der Waals surface area contributed by atoms with Gasteiger partial charge in [-0.05, 0) is 60.9 Å². The minimum Gasteiger partial charge on any atom is -0.423 e. The molecule has 7 heteroatoms. The SMILES string of the molecule is CC1(C)c2cc(B(O)O)ccc2-c2ccc(B(O)OC(C)(C)C(C)(C)O)cc21. The van der Waals surface area contributed by atoms with Crippen molar-refractivity contribution in [3.05, 3.63) is 47.5 Å². The first-order chi connectivity index (χ1) is 12.8. The minimum atomic E-state index is -1.51. The zero-order chi connectivity index (χ0) is 21.1. The fraction of sp³-hybridized carbons (Fsp3) is 0.429. The molecular weight excluding hydrogens is 354 g/mol. The third-order valence-electron chi connectivity index (χ3n) is 6.19. The van der Waals surface area contributed by atoms with Gasteiger partial charge in [-0.3, -0.25) is 0 Å². The zero-order valence-corrected chi connectivity index (χ0v) is 17.3. The van der Waals surface area contributed by atoms with Gasteiger partial charge in [0.25, 0.3) is 0 Å². The van der Waals surface area contributed by atoms with E-state index in [1.165, 1.54) is 0 Å². The zero-order valence-electron chi connectivity index (χ0n) is 17.3. The molecule has 0 saturated heterocycles. The van der Waals surface area contributed by atoms with Crippen LogP contribution in [-0.4, -0.2) is 45.6 Å². The van der Waals surface area contributed by atoms with Crippen LogP contribution in [0.5, 0.6) is 0 Å². The Morgan fingerprint density at radius 1 is 0.821 bits per heavy atom. The fourth-order valence-electron chi connectivity index (χ4n) is 3.58. The van der Waals surface area contributed by atoms with Gasteiger partial charge < -0.3 is 24.8 Å². The molecule has 3 rings (SSSR count). The van der Waals surface area contributed by atoms with E-state index in [4.69, 9.17) is 4.65 Å². The van der Waals surface area contributed by atoms with Crippen molar-refractivity contribution in [3.63, 3.8) is 0 Å². The van der Waals surface area contributed by atoms with Crippen LogP contribution in [0.1, 0.15) is 52.7 Å². The maximum Gasteiger partial charge on any atom is 0.491 e. The second-order valence-corrected chi connectivity index (χ2v) is 9.15. The van der Waals surface area contributed by atoms with Crippen molar-refractivity contribution >= 4 is 25.2 Å². The largest absolute Gasteiger partial charge is 0.491 e. The molecule has 0 amide bonds. The summed E-state index contributed by atoms with van der Waals surface area (Å²) >= 11 is 0. The van der Waals surface area contributed by atoms with Crippen LogP contribution in [0.15, 0.2) is 36.4 Å². The second kappa shape index (κ2) is 6.71. The third kappa shape index (κ3) is 3.42. The van der Waals surface area contributed by atoms with Gasteiger partial charge in [0.15, 0.2) is 0 Å². The molecule has 1 aliphatic rings. The van der Waals surface area contributed by atoms with E-state index in [1.807, 2.05) is 30.3 Å². The van der Waals surface area contributed by atoms with Crippen LogP contribution in [0.2, 0.25) is 0 Å². The molecule has 0 saturated carbocycles. The van der Waals surface area contributed by atoms with E-state index in [0.717, 1.165) is 22.3 Å². The summed E-state index contributed by atoms with van der Waals surface area (Å²) < 4.78 is 5.78. The van der Waals surface area contributed by atoms with Crippen LogP contribution in [0.25, 0.3) is 11.1 Å². The molecule has 0 radical (unpaired) electrons. The van der Waals surface area contributed by atoms with Crippen LogP contribution < -0.4 is 10.9 Å². The summed E-state index contributed by atoms with van der Waals surface area (Å²) in [6, 6.07) is 11.1. The molecule has 2 aromatic carbocycles. The summed E-state index contributed by atoms with van der Waals surface area (Å²) in [6.45, 7) is 10.9.